The summed E-state index contributed by atoms with van der Waals surface area (Å²) in [7, 11) is 0. The maximum atomic E-state index is 12.7. The maximum Gasteiger partial charge on any atom is 0.348 e. The van der Waals surface area contributed by atoms with Gasteiger partial charge in [0.2, 0.25) is 11.0 Å². The lowest BCUT2D eigenvalue weighted by Gasteiger charge is -2.08. The van der Waals surface area contributed by atoms with Gasteiger partial charge in [0.25, 0.3) is 5.91 Å². The number of hydrogen-bond donors (Lipinski definition) is 2. The number of thiophene rings is 1. The maximum absolute atomic E-state index is 12.7. The van der Waals surface area contributed by atoms with Gasteiger partial charge in [-0.15, -0.1) is 21.5 Å². The number of esters is 2. The molecule has 0 radical (unpaired) electrons. The molecular weight excluding hydrogens is 552 g/mol. The first-order chi connectivity index (χ1) is 18.3. The Hall–Kier alpha value is -3.49. The highest BCUT2D eigenvalue weighted by Crippen LogP contribution is 2.35. The number of amides is 2. The third-order valence-corrected chi connectivity index (χ3v) is 7.88. The van der Waals surface area contributed by atoms with Crippen LogP contribution in [0.3, 0.4) is 0 Å². The fourth-order valence-corrected chi connectivity index (χ4v) is 5.80. The standard InChI is InChI=1S/C24H26N4O7S3/c1-5-33-15-11-9-8-10-14(15)19(30)26-23-27-28-24(38-23)36-12-16(29)25-20-17(21(31)34-6-2)13(4)18(37-20)22(32)35-7-3/h8-11H,5-7,12H2,1-4H3,(H,25,29)(H,26,27,30). The summed E-state index contributed by atoms with van der Waals surface area (Å²) < 4.78 is 16.1. The molecule has 2 N–H and O–H groups in total. The molecule has 3 rings (SSSR count). The van der Waals surface area contributed by atoms with Crippen LogP contribution in [-0.4, -0.2) is 59.5 Å². The van der Waals surface area contributed by atoms with Crippen molar-refractivity contribution >= 4 is 68.3 Å². The molecule has 1 aromatic carbocycles. The Morgan fingerprint density at radius 1 is 0.921 bits per heavy atom. The molecule has 2 amide bonds. The predicted octanol–water partition coefficient (Wildman–Crippen LogP) is 4.64. The number of carbonyl (C=O) groups excluding carboxylic acids is 4. The fourth-order valence-electron chi connectivity index (χ4n) is 3.15. The largest absolute Gasteiger partial charge is 0.493 e. The van der Waals surface area contributed by atoms with E-state index in [-0.39, 0.29) is 39.5 Å². The Balaban J connectivity index is 1.65. The van der Waals surface area contributed by atoms with Gasteiger partial charge in [-0.25, -0.2) is 9.59 Å². The van der Waals surface area contributed by atoms with E-state index >= 15 is 0 Å². The minimum Gasteiger partial charge on any atom is -0.493 e. The summed E-state index contributed by atoms with van der Waals surface area (Å²) in [5.74, 6) is -1.64. The molecule has 14 heteroatoms. The van der Waals surface area contributed by atoms with E-state index in [4.69, 9.17) is 14.2 Å². The van der Waals surface area contributed by atoms with Crippen molar-refractivity contribution in [3.63, 3.8) is 0 Å². The molecule has 2 aromatic heterocycles. The van der Waals surface area contributed by atoms with Gasteiger partial charge >= 0.3 is 11.9 Å². The van der Waals surface area contributed by atoms with Crippen LogP contribution < -0.4 is 15.4 Å². The minimum absolute atomic E-state index is 0.0519. The first-order valence-corrected chi connectivity index (χ1v) is 14.2. The lowest BCUT2D eigenvalue weighted by atomic mass is 10.1. The van der Waals surface area contributed by atoms with Gasteiger partial charge in [-0.05, 0) is 45.4 Å². The van der Waals surface area contributed by atoms with Crippen LogP contribution in [0.4, 0.5) is 10.1 Å². The number of thioether (sulfide) groups is 1. The van der Waals surface area contributed by atoms with Crippen LogP contribution in [0, 0.1) is 6.92 Å². The fraction of sp³-hybridized carbons (Fsp3) is 0.333. The molecule has 0 atom stereocenters. The summed E-state index contributed by atoms with van der Waals surface area (Å²) in [6.07, 6.45) is 0. The SMILES string of the molecule is CCOC(=O)c1sc(NC(=O)CSc2nnc(NC(=O)c3ccccc3OCC)s2)c(C(=O)OCC)c1C. The zero-order valence-corrected chi connectivity index (χ0v) is 23.6. The zero-order valence-electron chi connectivity index (χ0n) is 21.1. The van der Waals surface area contributed by atoms with E-state index in [0.717, 1.165) is 34.4 Å². The van der Waals surface area contributed by atoms with E-state index in [2.05, 4.69) is 20.8 Å². The van der Waals surface area contributed by atoms with Crippen LogP contribution >= 0.6 is 34.4 Å². The second-order valence-corrected chi connectivity index (χ2v) is 10.5. The van der Waals surface area contributed by atoms with E-state index in [1.807, 2.05) is 6.92 Å². The van der Waals surface area contributed by atoms with Crippen LogP contribution in [0.2, 0.25) is 0 Å². The Morgan fingerprint density at radius 2 is 1.63 bits per heavy atom. The van der Waals surface area contributed by atoms with Crippen LogP contribution in [-0.2, 0) is 14.3 Å². The van der Waals surface area contributed by atoms with Crippen molar-refractivity contribution in [2.45, 2.75) is 32.0 Å². The van der Waals surface area contributed by atoms with Gasteiger partial charge in [-0.2, -0.15) is 0 Å². The van der Waals surface area contributed by atoms with E-state index in [1.165, 1.54) is 0 Å². The number of carbonyl (C=O) groups is 4. The summed E-state index contributed by atoms with van der Waals surface area (Å²) in [4.78, 5) is 50.4. The first-order valence-electron chi connectivity index (χ1n) is 11.6. The highest BCUT2D eigenvalue weighted by Gasteiger charge is 2.27. The lowest BCUT2D eigenvalue weighted by molar-refractivity contribution is -0.113. The molecule has 0 saturated heterocycles. The number of hydrogen-bond acceptors (Lipinski definition) is 12. The third-order valence-electron chi connectivity index (χ3n) is 4.73. The predicted molar refractivity (Wildman–Crippen MR) is 146 cm³/mol. The topological polar surface area (TPSA) is 146 Å². The van der Waals surface area contributed by atoms with Crippen molar-refractivity contribution in [2.75, 3.05) is 36.2 Å². The van der Waals surface area contributed by atoms with Gasteiger partial charge in [0, 0.05) is 0 Å². The van der Waals surface area contributed by atoms with Crippen LogP contribution in [0.1, 0.15) is 56.7 Å². The average molecular weight is 579 g/mol. The van der Waals surface area contributed by atoms with Crippen LogP contribution in [0.25, 0.3) is 0 Å². The number of anilines is 2. The molecule has 0 aliphatic carbocycles. The van der Waals surface area contributed by atoms with E-state index in [0.29, 0.717) is 27.8 Å². The van der Waals surface area contributed by atoms with Crippen molar-refractivity contribution in [3.8, 4) is 5.75 Å². The van der Waals surface area contributed by atoms with Gasteiger partial charge in [-0.3, -0.25) is 14.9 Å². The molecule has 0 aliphatic rings. The van der Waals surface area contributed by atoms with Gasteiger partial charge < -0.3 is 19.5 Å². The number of nitrogens with zero attached hydrogens (tertiary/aromatic N) is 2. The summed E-state index contributed by atoms with van der Waals surface area (Å²) in [5, 5.41) is 13.8. The monoisotopic (exact) mass is 578 g/mol. The van der Waals surface area contributed by atoms with Crippen molar-refractivity contribution in [1.29, 1.82) is 0 Å². The van der Waals surface area contributed by atoms with E-state index < -0.39 is 23.8 Å². The van der Waals surface area contributed by atoms with Crippen LogP contribution in [0.5, 0.6) is 5.75 Å². The number of rotatable bonds is 12. The second kappa shape index (κ2) is 13.9. The van der Waals surface area contributed by atoms with Gasteiger partial charge in [0.1, 0.15) is 15.6 Å². The van der Waals surface area contributed by atoms with E-state index in [1.54, 1.807) is 45.0 Å². The average Bonchev–Trinajstić information content (AvgIpc) is 3.47. The Labute approximate surface area is 231 Å². The minimum atomic E-state index is -0.643. The smallest absolute Gasteiger partial charge is 0.348 e. The molecule has 3 aromatic rings. The number of aromatic nitrogens is 2. The number of ether oxygens (including phenoxy) is 3. The molecule has 0 fully saturated rings. The van der Waals surface area contributed by atoms with Crippen molar-refractivity contribution in [2.24, 2.45) is 0 Å². The van der Waals surface area contributed by atoms with Crippen molar-refractivity contribution in [3.05, 3.63) is 45.8 Å². The summed E-state index contributed by atoms with van der Waals surface area (Å²) >= 11 is 3.17. The highest BCUT2D eigenvalue weighted by molar-refractivity contribution is 8.01. The van der Waals surface area contributed by atoms with Crippen molar-refractivity contribution < 1.29 is 33.4 Å². The lowest BCUT2D eigenvalue weighted by Crippen LogP contribution is -2.16. The number of benzene rings is 1. The molecule has 0 unspecified atom stereocenters. The zero-order chi connectivity index (χ0) is 27.7. The molecule has 0 saturated carbocycles. The normalized spacial score (nSPS) is 10.5. The molecule has 202 valence electrons. The Bertz CT molecular complexity index is 1320. The Morgan fingerprint density at radius 3 is 2.34 bits per heavy atom. The van der Waals surface area contributed by atoms with Gasteiger partial charge in [-0.1, -0.05) is 35.2 Å². The molecule has 0 aliphatic heterocycles. The van der Waals surface area contributed by atoms with Gasteiger partial charge in [0.15, 0.2) is 4.34 Å². The molecule has 2 heterocycles. The number of nitrogens with one attached hydrogen (secondary N) is 2. The molecular formula is C24H26N4O7S3. The Kier molecular flexibility index (Phi) is 10.6. The van der Waals surface area contributed by atoms with Gasteiger partial charge in [0.05, 0.1) is 36.7 Å². The van der Waals surface area contributed by atoms with Crippen LogP contribution in [0.15, 0.2) is 28.6 Å². The third kappa shape index (κ3) is 7.30. The molecule has 0 bridgehead atoms. The quantitative estimate of drug-likeness (QED) is 0.177. The highest BCUT2D eigenvalue weighted by atomic mass is 32.2. The second-order valence-electron chi connectivity index (χ2n) is 7.29. The summed E-state index contributed by atoms with van der Waals surface area (Å²) in [5.41, 5.74) is 0.862. The summed E-state index contributed by atoms with van der Waals surface area (Å²) in [6, 6.07) is 6.86. The first kappa shape index (κ1) is 29.1. The molecule has 11 nitrogen and oxygen atoms in total. The van der Waals surface area contributed by atoms with Crippen molar-refractivity contribution in [1.82, 2.24) is 10.2 Å². The molecule has 38 heavy (non-hydrogen) atoms. The summed E-state index contributed by atoms with van der Waals surface area (Å²) in [6.45, 7) is 7.50. The van der Waals surface area contributed by atoms with E-state index in [9.17, 15) is 19.2 Å². The molecule has 0 spiro atoms. The number of para-hydroxylation sites is 1.